The number of fused-ring (bicyclic) bond motifs is 1. The second-order valence-corrected chi connectivity index (χ2v) is 5.56. The molecule has 1 amide bonds. The van der Waals surface area contributed by atoms with Gasteiger partial charge in [0.2, 0.25) is 5.91 Å². The third-order valence-corrected chi connectivity index (χ3v) is 4.07. The van der Waals surface area contributed by atoms with Gasteiger partial charge in [-0.2, -0.15) is 5.10 Å². The van der Waals surface area contributed by atoms with Crippen LogP contribution in [0.2, 0.25) is 0 Å². The predicted octanol–water partition coefficient (Wildman–Crippen LogP) is 3.49. The van der Waals surface area contributed by atoms with Gasteiger partial charge < -0.3 is 5.32 Å². The van der Waals surface area contributed by atoms with Crippen molar-refractivity contribution >= 4 is 11.7 Å². The molecule has 0 aliphatic carbocycles. The average molecular weight is 307 g/mol. The van der Waals surface area contributed by atoms with Crippen molar-refractivity contribution in [2.45, 2.75) is 12.3 Å². The minimum atomic E-state index is -0.339. The summed E-state index contributed by atoms with van der Waals surface area (Å²) < 4.78 is 15.1. The zero-order valence-corrected chi connectivity index (χ0v) is 12.2. The van der Waals surface area contributed by atoms with Gasteiger partial charge in [-0.1, -0.05) is 36.4 Å². The summed E-state index contributed by atoms with van der Waals surface area (Å²) in [5, 5.41) is 7.22. The Kier molecular flexibility index (Phi) is 3.19. The van der Waals surface area contributed by atoms with E-state index in [-0.39, 0.29) is 17.6 Å². The highest BCUT2D eigenvalue weighted by molar-refractivity contribution is 5.94. The van der Waals surface area contributed by atoms with Gasteiger partial charge in [-0.25, -0.2) is 9.07 Å². The number of carbonyl (C=O) groups is 1. The Morgan fingerprint density at radius 2 is 1.96 bits per heavy atom. The fraction of sp³-hybridized carbons (Fsp3) is 0.111. The van der Waals surface area contributed by atoms with Gasteiger partial charge in [-0.15, -0.1) is 0 Å². The Hall–Kier alpha value is -2.95. The summed E-state index contributed by atoms with van der Waals surface area (Å²) in [6, 6.07) is 16.0. The molecule has 0 saturated heterocycles. The van der Waals surface area contributed by atoms with Gasteiger partial charge in [0.1, 0.15) is 11.6 Å². The van der Waals surface area contributed by atoms with E-state index < -0.39 is 0 Å². The van der Waals surface area contributed by atoms with Crippen LogP contribution in [-0.4, -0.2) is 15.7 Å². The maximum Gasteiger partial charge on any atom is 0.226 e. The smallest absolute Gasteiger partial charge is 0.226 e. The van der Waals surface area contributed by atoms with Crippen molar-refractivity contribution in [3.63, 3.8) is 0 Å². The number of hydrogen-bond acceptors (Lipinski definition) is 2. The summed E-state index contributed by atoms with van der Waals surface area (Å²) in [6.45, 7) is 0. The first-order valence-electron chi connectivity index (χ1n) is 7.41. The highest BCUT2D eigenvalue weighted by Gasteiger charge is 2.30. The molecule has 1 aliphatic heterocycles. The Balaban J connectivity index is 1.83. The molecule has 1 unspecified atom stereocenters. The minimum Gasteiger partial charge on any atom is -0.310 e. The lowest BCUT2D eigenvalue weighted by Crippen LogP contribution is -2.24. The molecule has 1 N–H and O–H groups in total. The molecule has 114 valence electrons. The van der Waals surface area contributed by atoms with E-state index in [1.54, 1.807) is 23.0 Å². The molecular weight excluding hydrogens is 293 g/mol. The third-order valence-electron chi connectivity index (χ3n) is 4.07. The van der Waals surface area contributed by atoms with Gasteiger partial charge in [0.15, 0.2) is 0 Å². The summed E-state index contributed by atoms with van der Waals surface area (Å²) in [5.41, 5.74) is 2.60. The van der Waals surface area contributed by atoms with Gasteiger partial charge in [0.05, 0.1) is 11.9 Å². The van der Waals surface area contributed by atoms with Gasteiger partial charge >= 0.3 is 0 Å². The average Bonchev–Trinajstić information content (AvgIpc) is 2.98. The normalized spacial score (nSPS) is 16.7. The van der Waals surface area contributed by atoms with E-state index in [0.717, 1.165) is 11.1 Å². The number of nitrogens with one attached hydrogen (secondary N) is 1. The van der Waals surface area contributed by atoms with Crippen LogP contribution < -0.4 is 5.32 Å². The molecule has 0 spiro atoms. The molecular formula is C18H14FN3O. The topological polar surface area (TPSA) is 46.9 Å². The number of aromatic nitrogens is 2. The van der Waals surface area contributed by atoms with Crippen LogP contribution in [0, 0.1) is 5.82 Å². The van der Waals surface area contributed by atoms with Crippen molar-refractivity contribution in [3.05, 3.63) is 77.7 Å². The molecule has 3 aromatic rings. The van der Waals surface area contributed by atoms with Crippen LogP contribution in [0.3, 0.4) is 0 Å². The van der Waals surface area contributed by atoms with Crippen LogP contribution in [0.4, 0.5) is 10.2 Å². The van der Waals surface area contributed by atoms with Gasteiger partial charge in [0.25, 0.3) is 0 Å². The molecule has 1 aromatic heterocycles. The number of amides is 1. The van der Waals surface area contributed by atoms with E-state index in [1.807, 2.05) is 30.3 Å². The van der Waals surface area contributed by atoms with E-state index in [9.17, 15) is 9.18 Å². The molecule has 5 heteroatoms. The fourth-order valence-electron chi connectivity index (χ4n) is 3.01. The van der Waals surface area contributed by atoms with Crippen molar-refractivity contribution in [1.29, 1.82) is 0 Å². The highest BCUT2D eigenvalue weighted by Crippen LogP contribution is 2.37. The van der Waals surface area contributed by atoms with Crippen LogP contribution in [0.25, 0.3) is 5.69 Å². The zero-order valence-electron chi connectivity index (χ0n) is 12.2. The molecule has 0 saturated carbocycles. The van der Waals surface area contributed by atoms with Crippen LogP contribution in [0.1, 0.15) is 23.5 Å². The molecule has 0 fully saturated rings. The summed E-state index contributed by atoms with van der Waals surface area (Å²) in [5.74, 6) is 0.168. The van der Waals surface area contributed by atoms with E-state index in [0.29, 0.717) is 17.9 Å². The summed E-state index contributed by atoms with van der Waals surface area (Å²) in [7, 11) is 0. The van der Waals surface area contributed by atoms with Crippen molar-refractivity contribution in [1.82, 2.24) is 9.78 Å². The monoisotopic (exact) mass is 307 g/mol. The minimum absolute atomic E-state index is 0.0396. The number of halogens is 1. The second-order valence-electron chi connectivity index (χ2n) is 5.56. The number of rotatable bonds is 2. The third kappa shape index (κ3) is 2.40. The molecule has 1 atom stereocenters. The number of nitrogens with zero attached hydrogens (tertiary/aromatic N) is 2. The predicted molar refractivity (Wildman–Crippen MR) is 85.1 cm³/mol. The number of anilines is 1. The van der Waals surface area contributed by atoms with Crippen LogP contribution in [0.5, 0.6) is 0 Å². The molecule has 4 nitrogen and oxygen atoms in total. The van der Waals surface area contributed by atoms with Crippen molar-refractivity contribution in [2.75, 3.05) is 5.32 Å². The standard InChI is InChI=1S/C18H14FN3O/c19-13-7-4-8-14(9-13)22-18-16(11-20-22)15(10-17(23)21-18)12-5-2-1-3-6-12/h1-9,11,15H,10H2,(H,21,23). The lowest BCUT2D eigenvalue weighted by atomic mass is 9.87. The van der Waals surface area contributed by atoms with Gasteiger partial charge in [-0.3, -0.25) is 4.79 Å². The Morgan fingerprint density at radius 1 is 1.13 bits per heavy atom. The Bertz CT molecular complexity index is 873. The largest absolute Gasteiger partial charge is 0.310 e. The molecule has 0 radical (unpaired) electrons. The van der Waals surface area contributed by atoms with Crippen molar-refractivity contribution in [3.8, 4) is 5.69 Å². The zero-order chi connectivity index (χ0) is 15.8. The van der Waals surface area contributed by atoms with Crippen molar-refractivity contribution in [2.24, 2.45) is 0 Å². The van der Waals surface area contributed by atoms with Crippen LogP contribution >= 0.6 is 0 Å². The number of carbonyl (C=O) groups excluding carboxylic acids is 1. The first-order chi connectivity index (χ1) is 11.2. The fourth-order valence-corrected chi connectivity index (χ4v) is 3.01. The quantitative estimate of drug-likeness (QED) is 0.788. The number of hydrogen-bond donors (Lipinski definition) is 1. The van der Waals surface area contributed by atoms with Crippen molar-refractivity contribution < 1.29 is 9.18 Å². The molecule has 2 heterocycles. The van der Waals surface area contributed by atoms with Crippen LogP contribution in [0.15, 0.2) is 60.8 Å². The van der Waals surface area contributed by atoms with Crippen LogP contribution in [-0.2, 0) is 4.79 Å². The lowest BCUT2D eigenvalue weighted by Gasteiger charge is -2.23. The van der Waals surface area contributed by atoms with E-state index >= 15 is 0 Å². The molecule has 4 rings (SSSR count). The lowest BCUT2D eigenvalue weighted by molar-refractivity contribution is -0.116. The molecule has 2 aromatic carbocycles. The molecule has 23 heavy (non-hydrogen) atoms. The maximum absolute atomic E-state index is 13.5. The van der Waals surface area contributed by atoms with E-state index in [4.69, 9.17) is 0 Å². The SMILES string of the molecule is O=C1CC(c2ccccc2)c2cnn(-c3cccc(F)c3)c2N1. The maximum atomic E-state index is 13.5. The number of benzene rings is 2. The summed E-state index contributed by atoms with van der Waals surface area (Å²) >= 11 is 0. The Labute approximate surface area is 132 Å². The molecule has 1 aliphatic rings. The van der Waals surface area contributed by atoms with E-state index in [2.05, 4.69) is 10.4 Å². The summed E-state index contributed by atoms with van der Waals surface area (Å²) in [6.07, 6.45) is 2.13. The summed E-state index contributed by atoms with van der Waals surface area (Å²) in [4.78, 5) is 12.1. The first-order valence-corrected chi connectivity index (χ1v) is 7.41. The second kappa shape index (κ2) is 5.35. The molecule has 0 bridgehead atoms. The highest BCUT2D eigenvalue weighted by atomic mass is 19.1. The van der Waals surface area contributed by atoms with Gasteiger partial charge in [0, 0.05) is 17.9 Å². The van der Waals surface area contributed by atoms with E-state index in [1.165, 1.54) is 12.1 Å². The first kappa shape index (κ1) is 13.7. The van der Waals surface area contributed by atoms with Gasteiger partial charge in [-0.05, 0) is 23.8 Å². The Morgan fingerprint density at radius 3 is 2.74 bits per heavy atom.